The molecule has 0 unspecified atom stereocenters. The quantitative estimate of drug-likeness (QED) is 0.246. The van der Waals surface area contributed by atoms with Crippen molar-refractivity contribution in [2.24, 2.45) is 0 Å². The van der Waals surface area contributed by atoms with E-state index < -0.39 is 0 Å². The Hall–Kier alpha value is -4.61. The van der Waals surface area contributed by atoms with Crippen LogP contribution in [0.3, 0.4) is 0 Å². The van der Waals surface area contributed by atoms with Gasteiger partial charge in [0, 0.05) is 21.9 Å². The van der Waals surface area contributed by atoms with Crippen molar-refractivity contribution in [1.82, 2.24) is 4.57 Å². The Bertz CT molecular complexity index is 1660. The van der Waals surface area contributed by atoms with Crippen LogP contribution in [-0.2, 0) is 0 Å². The van der Waals surface area contributed by atoms with Crippen molar-refractivity contribution < 1.29 is 0 Å². The predicted octanol–water partition coefficient (Wildman–Crippen LogP) is 8.98. The lowest BCUT2D eigenvalue weighted by molar-refractivity contribution is 1.18. The van der Waals surface area contributed by atoms with E-state index in [1.165, 1.54) is 32.9 Å². The van der Waals surface area contributed by atoms with Crippen LogP contribution in [0.4, 0.5) is 5.69 Å². The van der Waals surface area contributed by atoms with E-state index in [2.05, 4.69) is 113 Å². The fraction of sp³-hybridized carbons (Fsp3) is 0.0312. The highest BCUT2D eigenvalue weighted by Crippen LogP contribution is 2.41. The van der Waals surface area contributed by atoms with E-state index in [1.54, 1.807) is 0 Å². The van der Waals surface area contributed by atoms with Gasteiger partial charge >= 0.3 is 0 Å². The lowest BCUT2D eigenvalue weighted by Crippen LogP contribution is -2.00. The van der Waals surface area contributed by atoms with Gasteiger partial charge in [0.05, 0.1) is 23.3 Å². The molecule has 0 radical (unpaired) electrons. The van der Waals surface area contributed by atoms with E-state index in [-0.39, 0.29) is 0 Å². The van der Waals surface area contributed by atoms with Gasteiger partial charge in [-0.1, -0.05) is 103 Å². The predicted molar refractivity (Wildman–Crippen MR) is 143 cm³/mol. The number of aromatic nitrogens is 1. The molecule has 0 saturated heterocycles. The van der Waals surface area contributed by atoms with Crippen molar-refractivity contribution in [2.75, 3.05) is 0 Å². The van der Waals surface area contributed by atoms with Crippen LogP contribution < -0.4 is 0 Å². The third-order valence-corrected chi connectivity index (χ3v) is 6.49. The Morgan fingerprint density at radius 2 is 1.18 bits per heavy atom. The minimum Gasteiger partial charge on any atom is -0.308 e. The summed E-state index contributed by atoms with van der Waals surface area (Å²) in [6.45, 7) is 9.64. The Labute approximate surface area is 199 Å². The second-order valence-electron chi connectivity index (χ2n) is 8.60. The Morgan fingerprint density at radius 3 is 1.82 bits per heavy atom. The van der Waals surface area contributed by atoms with Gasteiger partial charge in [0.25, 0.3) is 0 Å². The topological polar surface area (TPSA) is 9.29 Å². The maximum atomic E-state index is 7.53. The molecule has 0 N–H and O–H groups in total. The standard InChI is InChI=1S/C32H22N2/c1-22-17-19-23(20-18-22)26-13-8-14-27(24-9-7-10-25(21-24)33-2)32(26)34-30-15-5-3-11-28(30)29-12-4-6-16-31(29)34/h3-21H,1H3. The van der Waals surface area contributed by atoms with Gasteiger partial charge in [-0.15, -0.1) is 0 Å². The van der Waals surface area contributed by atoms with E-state index in [0.29, 0.717) is 5.69 Å². The van der Waals surface area contributed by atoms with Crippen LogP contribution in [-0.4, -0.2) is 4.57 Å². The monoisotopic (exact) mass is 434 g/mol. The van der Waals surface area contributed by atoms with Crippen molar-refractivity contribution in [2.45, 2.75) is 6.92 Å². The van der Waals surface area contributed by atoms with Gasteiger partial charge in [-0.2, -0.15) is 0 Å². The molecular weight excluding hydrogens is 412 g/mol. The molecule has 0 aliphatic rings. The van der Waals surface area contributed by atoms with Crippen LogP contribution >= 0.6 is 0 Å². The van der Waals surface area contributed by atoms with Crippen LogP contribution in [0.1, 0.15) is 5.56 Å². The van der Waals surface area contributed by atoms with Gasteiger partial charge in [-0.05, 0) is 36.2 Å². The molecule has 0 atom stereocenters. The normalized spacial score (nSPS) is 11.1. The Balaban J connectivity index is 1.78. The van der Waals surface area contributed by atoms with Crippen molar-refractivity contribution in [3.63, 3.8) is 0 Å². The van der Waals surface area contributed by atoms with Crippen LogP contribution in [0.15, 0.2) is 115 Å². The molecule has 6 aromatic rings. The van der Waals surface area contributed by atoms with Gasteiger partial charge < -0.3 is 4.57 Å². The average molecular weight is 435 g/mol. The van der Waals surface area contributed by atoms with Crippen LogP contribution in [0.2, 0.25) is 0 Å². The summed E-state index contributed by atoms with van der Waals surface area (Å²) < 4.78 is 2.39. The molecular formula is C32H22N2. The molecule has 0 saturated carbocycles. The zero-order valence-corrected chi connectivity index (χ0v) is 18.9. The molecule has 2 nitrogen and oxygen atoms in total. The van der Waals surface area contributed by atoms with E-state index in [1.807, 2.05) is 18.2 Å². The third kappa shape index (κ3) is 3.18. The van der Waals surface area contributed by atoms with E-state index in [9.17, 15) is 0 Å². The minimum atomic E-state index is 0.645. The number of hydrogen-bond acceptors (Lipinski definition) is 0. The highest BCUT2D eigenvalue weighted by atomic mass is 15.0. The maximum Gasteiger partial charge on any atom is 0.187 e. The molecule has 34 heavy (non-hydrogen) atoms. The summed E-state index contributed by atoms with van der Waals surface area (Å²) >= 11 is 0. The van der Waals surface area contributed by atoms with Crippen LogP contribution in [0.5, 0.6) is 0 Å². The maximum absolute atomic E-state index is 7.53. The number of rotatable bonds is 3. The molecule has 2 heteroatoms. The first kappa shape index (κ1) is 20.0. The summed E-state index contributed by atoms with van der Waals surface area (Å²) in [4.78, 5) is 3.68. The largest absolute Gasteiger partial charge is 0.308 e. The first-order chi connectivity index (χ1) is 16.7. The third-order valence-electron chi connectivity index (χ3n) is 6.49. The summed E-state index contributed by atoms with van der Waals surface area (Å²) in [6.07, 6.45) is 0. The zero-order valence-electron chi connectivity index (χ0n) is 18.9. The average Bonchev–Trinajstić information content (AvgIpc) is 3.23. The van der Waals surface area contributed by atoms with Crippen molar-refractivity contribution in [3.8, 4) is 27.9 Å². The SMILES string of the molecule is [C-]#[N+]c1cccc(-c2cccc(-c3ccc(C)cc3)c2-n2c3ccccc3c3ccccc32)c1. The molecule has 0 amide bonds. The van der Waals surface area contributed by atoms with Gasteiger partial charge in [-0.3, -0.25) is 0 Å². The summed E-state index contributed by atoms with van der Waals surface area (Å²) in [6, 6.07) is 40.3. The Kier molecular flexibility index (Phi) is 4.75. The summed E-state index contributed by atoms with van der Waals surface area (Å²) in [5.41, 5.74) is 9.84. The molecule has 1 heterocycles. The van der Waals surface area contributed by atoms with Gasteiger partial charge in [0.2, 0.25) is 0 Å². The van der Waals surface area contributed by atoms with Gasteiger partial charge in [-0.25, -0.2) is 4.85 Å². The van der Waals surface area contributed by atoms with E-state index in [4.69, 9.17) is 6.57 Å². The number of para-hydroxylation sites is 3. The van der Waals surface area contributed by atoms with Gasteiger partial charge in [0.1, 0.15) is 0 Å². The highest BCUT2D eigenvalue weighted by Gasteiger charge is 2.19. The smallest absolute Gasteiger partial charge is 0.187 e. The fourth-order valence-electron chi connectivity index (χ4n) is 4.89. The lowest BCUT2D eigenvalue weighted by Gasteiger charge is -2.19. The minimum absolute atomic E-state index is 0.645. The molecule has 0 fully saturated rings. The number of fused-ring (bicyclic) bond motifs is 3. The molecule has 160 valence electrons. The van der Waals surface area contributed by atoms with E-state index in [0.717, 1.165) is 22.4 Å². The first-order valence-corrected chi connectivity index (χ1v) is 11.4. The molecule has 1 aromatic heterocycles. The number of nitrogens with zero attached hydrogens (tertiary/aromatic N) is 2. The summed E-state index contributed by atoms with van der Waals surface area (Å²) in [5.74, 6) is 0. The zero-order chi connectivity index (χ0) is 23.1. The molecule has 0 aliphatic heterocycles. The second kappa shape index (κ2) is 8.06. The molecule has 0 aliphatic carbocycles. The summed E-state index contributed by atoms with van der Waals surface area (Å²) in [5, 5.41) is 2.47. The fourth-order valence-corrected chi connectivity index (χ4v) is 4.89. The number of benzene rings is 5. The first-order valence-electron chi connectivity index (χ1n) is 11.4. The highest BCUT2D eigenvalue weighted by molar-refractivity contribution is 6.10. The van der Waals surface area contributed by atoms with Crippen molar-refractivity contribution >= 4 is 27.5 Å². The van der Waals surface area contributed by atoms with Crippen LogP contribution in [0.25, 0.3) is 54.6 Å². The molecule has 5 aromatic carbocycles. The van der Waals surface area contributed by atoms with Gasteiger partial charge in [0.15, 0.2) is 5.69 Å². The lowest BCUT2D eigenvalue weighted by atomic mass is 9.95. The van der Waals surface area contributed by atoms with E-state index >= 15 is 0 Å². The molecule has 6 rings (SSSR count). The van der Waals surface area contributed by atoms with Crippen molar-refractivity contribution in [3.05, 3.63) is 132 Å². The van der Waals surface area contributed by atoms with Crippen molar-refractivity contribution in [1.29, 1.82) is 0 Å². The molecule has 0 bridgehead atoms. The second-order valence-corrected chi connectivity index (χ2v) is 8.60. The van der Waals surface area contributed by atoms with Crippen LogP contribution in [0, 0.1) is 13.5 Å². The number of aryl methyl sites for hydroxylation is 1. The Morgan fingerprint density at radius 1 is 0.588 bits per heavy atom. The summed E-state index contributed by atoms with van der Waals surface area (Å²) in [7, 11) is 0. The number of hydrogen-bond donors (Lipinski definition) is 0. The molecule has 0 spiro atoms.